The number of carboxylic acids is 2. The first-order chi connectivity index (χ1) is 8.34. The second-order valence-electron chi connectivity index (χ2n) is 3.62. The van der Waals surface area contributed by atoms with Gasteiger partial charge in [0.05, 0.1) is 12.5 Å². The summed E-state index contributed by atoms with van der Waals surface area (Å²) >= 11 is 0. The summed E-state index contributed by atoms with van der Waals surface area (Å²) in [7, 11) is 0. The summed E-state index contributed by atoms with van der Waals surface area (Å²) in [4.78, 5) is 21.2. The molecule has 2 atom stereocenters. The standard InChI is InChI=1S/C11H11FO6/c12-6-3-1-2-5(9(6)11(17)18)10(16)7(13)4-8(14)15/h1-3,7,10,13,16H,4H2,(H,14,15)(H,17,18). The Morgan fingerprint density at radius 1 is 1.22 bits per heavy atom. The Labute approximate surface area is 101 Å². The molecule has 0 aromatic heterocycles. The van der Waals surface area contributed by atoms with E-state index in [4.69, 9.17) is 10.2 Å². The van der Waals surface area contributed by atoms with E-state index in [9.17, 15) is 24.2 Å². The van der Waals surface area contributed by atoms with Gasteiger partial charge >= 0.3 is 11.9 Å². The fourth-order valence-corrected chi connectivity index (χ4v) is 1.51. The van der Waals surface area contributed by atoms with E-state index in [1.54, 1.807) is 0 Å². The summed E-state index contributed by atoms with van der Waals surface area (Å²) in [6, 6.07) is 3.17. The minimum Gasteiger partial charge on any atom is -0.481 e. The molecule has 0 amide bonds. The van der Waals surface area contributed by atoms with E-state index in [0.717, 1.165) is 18.2 Å². The summed E-state index contributed by atoms with van der Waals surface area (Å²) in [6.45, 7) is 0. The molecule has 0 aliphatic heterocycles. The van der Waals surface area contributed by atoms with Gasteiger partial charge in [-0.1, -0.05) is 12.1 Å². The molecule has 0 spiro atoms. The highest BCUT2D eigenvalue weighted by Gasteiger charge is 2.27. The predicted molar refractivity (Wildman–Crippen MR) is 56.6 cm³/mol. The molecule has 0 saturated carbocycles. The summed E-state index contributed by atoms with van der Waals surface area (Å²) in [5, 5.41) is 36.3. The molecule has 0 bridgehead atoms. The number of aliphatic carboxylic acids is 1. The molecule has 0 saturated heterocycles. The molecule has 4 N–H and O–H groups in total. The van der Waals surface area contributed by atoms with Gasteiger partial charge in [-0.15, -0.1) is 0 Å². The van der Waals surface area contributed by atoms with Gasteiger partial charge in [-0.25, -0.2) is 9.18 Å². The van der Waals surface area contributed by atoms with Gasteiger partial charge in [-0.3, -0.25) is 4.79 Å². The maximum Gasteiger partial charge on any atom is 0.339 e. The first kappa shape index (κ1) is 14.1. The number of aliphatic hydroxyl groups excluding tert-OH is 2. The van der Waals surface area contributed by atoms with Gasteiger partial charge in [0.15, 0.2) is 0 Å². The number of benzene rings is 1. The van der Waals surface area contributed by atoms with Crippen molar-refractivity contribution in [1.82, 2.24) is 0 Å². The van der Waals surface area contributed by atoms with E-state index >= 15 is 0 Å². The first-order valence-corrected chi connectivity index (χ1v) is 4.94. The first-order valence-electron chi connectivity index (χ1n) is 4.94. The maximum atomic E-state index is 13.3. The normalized spacial score (nSPS) is 13.9. The van der Waals surface area contributed by atoms with E-state index < -0.39 is 41.9 Å². The number of aromatic carboxylic acids is 1. The van der Waals surface area contributed by atoms with Gasteiger partial charge in [0.25, 0.3) is 0 Å². The van der Waals surface area contributed by atoms with E-state index in [1.807, 2.05) is 0 Å². The van der Waals surface area contributed by atoms with Gasteiger partial charge in [0, 0.05) is 5.56 Å². The lowest BCUT2D eigenvalue weighted by Crippen LogP contribution is -2.24. The minimum absolute atomic E-state index is 0.365. The van der Waals surface area contributed by atoms with Crippen molar-refractivity contribution < 1.29 is 34.4 Å². The maximum absolute atomic E-state index is 13.3. The van der Waals surface area contributed by atoms with Crippen LogP contribution in [0.25, 0.3) is 0 Å². The number of carboxylic acid groups (broad SMARTS) is 2. The Bertz CT molecular complexity index is 473. The summed E-state index contributed by atoms with van der Waals surface area (Å²) in [6.07, 6.45) is -4.29. The fraction of sp³-hybridized carbons (Fsp3) is 0.273. The van der Waals surface area contributed by atoms with Gasteiger partial charge in [-0.05, 0) is 6.07 Å². The van der Waals surface area contributed by atoms with Crippen LogP contribution in [0.15, 0.2) is 18.2 Å². The monoisotopic (exact) mass is 258 g/mol. The van der Waals surface area contributed by atoms with Crippen molar-refractivity contribution in [3.05, 3.63) is 35.1 Å². The van der Waals surface area contributed by atoms with Crippen LogP contribution in [0.1, 0.15) is 28.4 Å². The second kappa shape index (κ2) is 5.56. The molecule has 6 nitrogen and oxygen atoms in total. The van der Waals surface area contributed by atoms with E-state index in [2.05, 4.69) is 0 Å². The molecule has 0 radical (unpaired) electrons. The number of hydrogen-bond donors (Lipinski definition) is 4. The molecule has 2 unspecified atom stereocenters. The number of carbonyl (C=O) groups is 2. The number of halogens is 1. The molecule has 1 aromatic rings. The van der Waals surface area contributed by atoms with Crippen molar-refractivity contribution in [2.24, 2.45) is 0 Å². The van der Waals surface area contributed by atoms with Crippen LogP contribution in [-0.2, 0) is 4.79 Å². The molecule has 0 aliphatic rings. The van der Waals surface area contributed by atoms with E-state index in [-0.39, 0.29) is 5.56 Å². The third-order valence-corrected chi connectivity index (χ3v) is 2.33. The van der Waals surface area contributed by atoms with Crippen LogP contribution in [0.2, 0.25) is 0 Å². The molecule has 18 heavy (non-hydrogen) atoms. The molecular weight excluding hydrogens is 247 g/mol. The van der Waals surface area contributed by atoms with Gasteiger partial charge in [0.2, 0.25) is 0 Å². The summed E-state index contributed by atoms with van der Waals surface area (Å²) < 4.78 is 13.3. The summed E-state index contributed by atoms with van der Waals surface area (Å²) in [5.41, 5.74) is -1.15. The van der Waals surface area contributed by atoms with Crippen molar-refractivity contribution in [2.75, 3.05) is 0 Å². The molecule has 1 aromatic carbocycles. The Kier molecular flexibility index (Phi) is 4.35. The van der Waals surface area contributed by atoms with Gasteiger partial charge in [0.1, 0.15) is 17.5 Å². The van der Waals surface area contributed by atoms with Crippen molar-refractivity contribution >= 4 is 11.9 Å². The third-order valence-electron chi connectivity index (χ3n) is 2.33. The highest BCUT2D eigenvalue weighted by atomic mass is 19.1. The highest BCUT2D eigenvalue weighted by molar-refractivity contribution is 5.90. The quantitative estimate of drug-likeness (QED) is 0.607. The Morgan fingerprint density at radius 2 is 1.83 bits per heavy atom. The molecule has 7 heteroatoms. The van der Waals surface area contributed by atoms with Crippen molar-refractivity contribution in [3.63, 3.8) is 0 Å². The van der Waals surface area contributed by atoms with Gasteiger partial charge in [-0.2, -0.15) is 0 Å². The smallest absolute Gasteiger partial charge is 0.339 e. The summed E-state index contributed by atoms with van der Waals surface area (Å²) in [5.74, 6) is -4.04. The lowest BCUT2D eigenvalue weighted by molar-refractivity contribution is -0.141. The molecule has 0 aliphatic carbocycles. The third kappa shape index (κ3) is 3.02. The highest BCUT2D eigenvalue weighted by Crippen LogP contribution is 2.24. The fourth-order valence-electron chi connectivity index (χ4n) is 1.51. The predicted octanol–water partition coefficient (Wildman–Crippen LogP) is 0.393. The zero-order chi connectivity index (χ0) is 13.9. The average molecular weight is 258 g/mol. The topological polar surface area (TPSA) is 115 Å². The second-order valence-corrected chi connectivity index (χ2v) is 3.62. The molecule has 0 heterocycles. The van der Waals surface area contributed by atoms with Crippen LogP contribution in [0.4, 0.5) is 4.39 Å². The van der Waals surface area contributed by atoms with Crippen LogP contribution in [0, 0.1) is 5.82 Å². The van der Waals surface area contributed by atoms with Crippen molar-refractivity contribution in [2.45, 2.75) is 18.6 Å². The number of aliphatic hydroxyl groups is 2. The zero-order valence-electron chi connectivity index (χ0n) is 9.08. The molecule has 98 valence electrons. The van der Waals surface area contributed by atoms with Crippen LogP contribution in [-0.4, -0.2) is 38.5 Å². The van der Waals surface area contributed by atoms with Crippen LogP contribution in [0.3, 0.4) is 0 Å². The Hall–Kier alpha value is -1.99. The number of rotatable bonds is 5. The van der Waals surface area contributed by atoms with Crippen LogP contribution >= 0.6 is 0 Å². The molecule has 1 rings (SSSR count). The SMILES string of the molecule is O=C(O)CC(O)C(O)c1cccc(F)c1C(=O)O. The van der Waals surface area contributed by atoms with Crippen LogP contribution in [0.5, 0.6) is 0 Å². The largest absolute Gasteiger partial charge is 0.481 e. The minimum atomic E-state index is -1.79. The Morgan fingerprint density at radius 3 is 2.33 bits per heavy atom. The van der Waals surface area contributed by atoms with E-state index in [0.29, 0.717) is 0 Å². The zero-order valence-corrected chi connectivity index (χ0v) is 9.08. The van der Waals surface area contributed by atoms with Crippen LogP contribution < -0.4 is 0 Å². The molecule has 0 fully saturated rings. The Balaban J connectivity index is 3.12. The van der Waals surface area contributed by atoms with Crippen molar-refractivity contribution in [1.29, 1.82) is 0 Å². The van der Waals surface area contributed by atoms with Gasteiger partial charge < -0.3 is 20.4 Å². The molecular formula is C11H11FO6. The van der Waals surface area contributed by atoms with E-state index in [1.165, 1.54) is 0 Å². The number of hydrogen-bond acceptors (Lipinski definition) is 4. The average Bonchev–Trinajstić information content (AvgIpc) is 2.26. The van der Waals surface area contributed by atoms with Crippen molar-refractivity contribution in [3.8, 4) is 0 Å². The lowest BCUT2D eigenvalue weighted by Gasteiger charge is -2.18. The lowest BCUT2D eigenvalue weighted by atomic mass is 9.97.